The number of amides is 1. The molecule has 0 saturated heterocycles. The predicted molar refractivity (Wildman–Crippen MR) is 78.0 cm³/mol. The van der Waals surface area contributed by atoms with Crippen molar-refractivity contribution in [2.75, 3.05) is 18.5 Å². The lowest BCUT2D eigenvalue weighted by Crippen LogP contribution is -2.23. The van der Waals surface area contributed by atoms with Crippen molar-refractivity contribution >= 4 is 40.9 Å². The molecule has 2 aromatic rings. The number of nitrogens with zero attached hydrogens (tertiary/aromatic N) is 1. The smallest absolute Gasteiger partial charge is 0.344 e. The molecule has 9 heteroatoms. The van der Waals surface area contributed by atoms with Crippen molar-refractivity contribution in [3.05, 3.63) is 40.6 Å². The van der Waals surface area contributed by atoms with Crippen LogP contribution in [0.2, 0.25) is 10.0 Å². The normalized spacial score (nSPS) is 10.1. The van der Waals surface area contributed by atoms with Crippen LogP contribution in [0.15, 0.2) is 35.1 Å². The first kappa shape index (κ1) is 16.1. The van der Waals surface area contributed by atoms with Gasteiger partial charge in [-0.2, -0.15) is 0 Å². The number of halogens is 2. The number of aromatic nitrogens is 1. The Hall–Kier alpha value is -2.25. The van der Waals surface area contributed by atoms with Crippen molar-refractivity contribution < 1.29 is 23.6 Å². The predicted octanol–water partition coefficient (Wildman–Crippen LogP) is 2.54. The van der Waals surface area contributed by atoms with E-state index in [1.54, 1.807) is 6.07 Å². The van der Waals surface area contributed by atoms with E-state index in [4.69, 9.17) is 32.7 Å². The van der Waals surface area contributed by atoms with Crippen LogP contribution in [0, 0.1) is 0 Å². The topological polar surface area (TPSA) is 90.7 Å². The van der Waals surface area contributed by atoms with Crippen molar-refractivity contribution in [3.8, 4) is 5.75 Å². The van der Waals surface area contributed by atoms with Crippen LogP contribution in [0.4, 0.5) is 5.82 Å². The van der Waals surface area contributed by atoms with Crippen LogP contribution in [-0.4, -0.2) is 30.2 Å². The molecule has 0 aliphatic heterocycles. The van der Waals surface area contributed by atoms with Crippen molar-refractivity contribution in [2.45, 2.75) is 0 Å². The van der Waals surface area contributed by atoms with Gasteiger partial charge < -0.3 is 19.3 Å². The number of carbonyl (C=O) groups is 2. The Bertz CT molecular complexity index is 660. The Labute approximate surface area is 135 Å². The highest BCUT2D eigenvalue weighted by Gasteiger charge is 2.11. The van der Waals surface area contributed by atoms with Crippen molar-refractivity contribution in [1.29, 1.82) is 0 Å². The molecule has 7 nitrogen and oxygen atoms in total. The quantitative estimate of drug-likeness (QED) is 0.809. The Kier molecular flexibility index (Phi) is 5.62. The average molecular weight is 345 g/mol. The molecule has 0 unspecified atom stereocenters. The standard InChI is InChI=1S/C13H10Cl2N2O5/c14-8-1-2-10(9(15)5-8)20-7-13(19)21-6-12(18)16-11-3-4-22-17-11/h1-5H,6-7H2,(H,16,17,18). The summed E-state index contributed by atoms with van der Waals surface area (Å²) in [5, 5.41) is 6.56. The van der Waals surface area contributed by atoms with Crippen LogP contribution in [-0.2, 0) is 14.3 Å². The molecule has 0 aliphatic carbocycles. The number of carbonyl (C=O) groups excluding carboxylic acids is 2. The maximum atomic E-state index is 11.5. The van der Waals surface area contributed by atoms with E-state index in [2.05, 4.69) is 15.0 Å². The third-order valence-corrected chi connectivity index (χ3v) is 2.84. The molecule has 0 radical (unpaired) electrons. The molecule has 22 heavy (non-hydrogen) atoms. The molecule has 0 fully saturated rings. The number of anilines is 1. The molecule has 0 saturated carbocycles. The second kappa shape index (κ2) is 7.67. The summed E-state index contributed by atoms with van der Waals surface area (Å²) in [5.74, 6) is -0.756. The molecule has 2 rings (SSSR count). The van der Waals surface area contributed by atoms with Gasteiger partial charge in [-0.15, -0.1) is 0 Å². The number of benzene rings is 1. The summed E-state index contributed by atoms with van der Waals surface area (Å²) in [7, 11) is 0. The second-order valence-corrected chi connectivity index (χ2v) is 4.80. The van der Waals surface area contributed by atoms with E-state index < -0.39 is 25.1 Å². The lowest BCUT2D eigenvalue weighted by molar-refractivity contribution is -0.149. The minimum absolute atomic E-state index is 0.227. The first-order chi connectivity index (χ1) is 10.5. The van der Waals surface area contributed by atoms with Gasteiger partial charge in [0.2, 0.25) is 0 Å². The SMILES string of the molecule is O=C(COC(=O)COc1ccc(Cl)cc1Cl)Nc1ccon1. The van der Waals surface area contributed by atoms with E-state index >= 15 is 0 Å². The van der Waals surface area contributed by atoms with Crippen LogP contribution in [0.3, 0.4) is 0 Å². The Morgan fingerprint density at radius 1 is 1.23 bits per heavy atom. The van der Waals surface area contributed by atoms with E-state index in [1.807, 2.05) is 0 Å². The summed E-state index contributed by atoms with van der Waals surface area (Å²) < 4.78 is 14.4. The third kappa shape index (κ3) is 4.94. The monoisotopic (exact) mass is 344 g/mol. The van der Waals surface area contributed by atoms with Gasteiger partial charge in [0.1, 0.15) is 12.0 Å². The fraction of sp³-hybridized carbons (Fsp3) is 0.154. The Morgan fingerprint density at radius 3 is 2.73 bits per heavy atom. The summed E-state index contributed by atoms with van der Waals surface area (Å²) in [6.07, 6.45) is 1.30. The number of hydrogen-bond donors (Lipinski definition) is 1. The van der Waals surface area contributed by atoms with Crippen molar-refractivity contribution in [2.24, 2.45) is 0 Å². The van der Waals surface area contributed by atoms with Crippen LogP contribution in [0.25, 0.3) is 0 Å². The molecule has 1 aromatic heterocycles. The molecule has 1 aromatic carbocycles. The van der Waals surface area contributed by atoms with Gasteiger partial charge in [0.05, 0.1) is 5.02 Å². The minimum atomic E-state index is -0.721. The maximum absolute atomic E-state index is 11.5. The molecular weight excluding hydrogens is 335 g/mol. The molecule has 0 aliphatic rings. The number of ether oxygens (including phenoxy) is 2. The van der Waals surface area contributed by atoms with E-state index in [0.29, 0.717) is 5.02 Å². The zero-order chi connectivity index (χ0) is 15.9. The van der Waals surface area contributed by atoms with Crippen molar-refractivity contribution in [1.82, 2.24) is 5.16 Å². The summed E-state index contributed by atoms with van der Waals surface area (Å²) in [5.41, 5.74) is 0. The van der Waals surface area contributed by atoms with Gasteiger partial charge in [-0.05, 0) is 18.2 Å². The van der Waals surface area contributed by atoms with Crippen LogP contribution in [0.1, 0.15) is 0 Å². The lowest BCUT2D eigenvalue weighted by atomic mass is 10.3. The fourth-order valence-electron chi connectivity index (χ4n) is 1.37. The average Bonchev–Trinajstić information content (AvgIpc) is 2.97. The van der Waals surface area contributed by atoms with Crippen LogP contribution in [0.5, 0.6) is 5.75 Å². The van der Waals surface area contributed by atoms with Gasteiger partial charge in [0, 0.05) is 11.1 Å². The maximum Gasteiger partial charge on any atom is 0.344 e. The largest absolute Gasteiger partial charge is 0.480 e. The van der Waals surface area contributed by atoms with Gasteiger partial charge >= 0.3 is 5.97 Å². The molecule has 0 bridgehead atoms. The molecule has 0 atom stereocenters. The number of hydrogen-bond acceptors (Lipinski definition) is 6. The summed E-state index contributed by atoms with van der Waals surface area (Å²) >= 11 is 11.6. The highest BCUT2D eigenvalue weighted by Crippen LogP contribution is 2.27. The van der Waals surface area contributed by atoms with E-state index in [9.17, 15) is 9.59 Å². The first-order valence-electron chi connectivity index (χ1n) is 5.98. The molecule has 116 valence electrons. The van der Waals surface area contributed by atoms with E-state index in [-0.39, 0.29) is 16.6 Å². The zero-order valence-corrected chi connectivity index (χ0v) is 12.6. The summed E-state index contributed by atoms with van der Waals surface area (Å²) in [6.45, 7) is -0.859. The molecular formula is C13H10Cl2N2O5. The summed E-state index contributed by atoms with van der Waals surface area (Å²) in [4.78, 5) is 22.9. The summed E-state index contributed by atoms with van der Waals surface area (Å²) in [6, 6.07) is 6.02. The van der Waals surface area contributed by atoms with Gasteiger partial charge in [0.25, 0.3) is 5.91 Å². The highest BCUT2D eigenvalue weighted by molar-refractivity contribution is 6.35. The first-order valence-corrected chi connectivity index (χ1v) is 6.74. The zero-order valence-electron chi connectivity index (χ0n) is 11.0. The Balaban J connectivity index is 1.72. The van der Waals surface area contributed by atoms with Crippen molar-refractivity contribution in [3.63, 3.8) is 0 Å². The number of rotatable bonds is 6. The Morgan fingerprint density at radius 2 is 2.05 bits per heavy atom. The van der Waals surface area contributed by atoms with Gasteiger partial charge in [-0.1, -0.05) is 28.4 Å². The lowest BCUT2D eigenvalue weighted by Gasteiger charge is -2.08. The molecule has 0 spiro atoms. The molecule has 1 heterocycles. The highest BCUT2D eigenvalue weighted by atomic mass is 35.5. The molecule has 1 amide bonds. The van der Waals surface area contributed by atoms with E-state index in [1.165, 1.54) is 24.5 Å². The van der Waals surface area contributed by atoms with Crippen LogP contribution < -0.4 is 10.1 Å². The van der Waals surface area contributed by atoms with E-state index in [0.717, 1.165) is 0 Å². The third-order valence-electron chi connectivity index (χ3n) is 2.31. The van der Waals surface area contributed by atoms with Gasteiger partial charge in [0.15, 0.2) is 19.0 Å². The van der Waals surface area contributed by atoms with Gasteiger partial charge in [-0.25, -0.2) is 4.79 Å². The number of esters is 1. The van der Waals surface area contributed by atoms with Crippen LogP contribution >= 0.6 is 23.2 Å². The van der Waals surface area contributed by atoms with Gasteiger partial charge in [-0.3, -0.25) is 4.79 Å². The molecule has 1 N–H and O–H groups in total. The number of nitrogens with one attached hydrogen (secondary N) is 1. The minimum Gasteiger partial charge on any atom is -0.480 e. The fourth-order valence-corrected chi connectivity index (χ4v) is 1.84. The second-order valence-electron chi connectivity index (χ2n) is 3.96.